The Bertz CT molecular complexity index is 297. The number of allylic oxidation sites excluding steroid dienone is 1. The molecule has 0 aliphatic carbocycles. The molecule has 1 nitrogen and oxygen atoms in total. The Morgan fingerprint density at radius 2 is 2.38 bits per heavy atom. The van der Waals surface area contributed by atoms with Gasteiger partial charge in [0.25, 0.3) is 0 Å². The first-order valence-electron chi connectivity index (χ1n) is 4.62. The van der Waals surface area contributed by atoms with Gasteiger partial charge in [-0.05, 0) is 39.0 Å². The summed E-state index contributed by atoms with van der Waals surface area (Å²) in [6.45, 7) is 7.48. The molecule has 0 aliphatic rings. The van der Waals surface area contributed by atoms with Gasteiger partial charge < -0.3 is 4.57 Å². The molecule has 2 heteroatoms. The van der Waals surface area contributed by atoms with Crippen LogP contribution in [0.1, 0.15) is 26.5 Å². The molecule has 1 rings (SSSR count). The third-order valence-electron chi connectivity index (χ3n) is 2.21. The topological polar surface area (TPSA) is 4.93 Å². The molecule has 1 heterocycles. The summed E-state index contributed by atoms with van der Waals surface area (Å²) in [6.07, 6.45) is 4.33. The van der Waals surface area contributed by atoms with Crippen LogP contribution in [0.4, 0.5) is 0 Å². The Morgan fingerprint density at radius 1 is 1.69 bits per heavy atom. The molecule has 0 aromatic carbocycles. The highest BCUT2D eigenvalue weighted by Gasteiger charge is 2.00. The van der Waals surface area contributed by atoms with Crippen molar-refractivity contribution in [1.29, 1.82) is 0 Å². The van der Waals surface area contributed by atoms with E-state index in [1.807, 2.05) is 0 Å². The molecule has 0 aliphatic heterocycles. The lowest BCUT2D eigenvalue weighted by Crippen LogP contribution is -1.97. The Balaban J connectivity index is 2.89. The van der Waals surface area contributed by atoms with E-state index in [2.05, 4.69) is 65.7 Å². The second-order valence-corrected chi connectivity index (χ2v) is 4.60. The maximum Gasteiger partial charge on any atom is 0.0406 e. The lowest BCUT2D eigenvalue weighted by molar-refractivity contribution is 0.761. The fraction of sp³-hybridized carbons (Fsp3) is 0.455. The van der Waals surface area contributed by atoms with Crippen molar-refractivity contribution in [1.82, 2.24) is 4.57 Å². The van der Waals surface area contributed by atoms with Crippen LogP contribution in [0, 0.1) is 0 Å². The summed E-state index contributed by atoms with van der Waals surface area (Å²) in [6, 6.07) is 4.23. The average Bonchev–Trinajstić information content (AvgIpc) is 2.51. The van der Waals surface area contributed by atoms with E-state index in [9.17, 15) is 0 Å². The molecule has 72 valence electrons. The van der Waals surface area contributed by atoms with Gasteiger partial charge >= 0.3 is 0 Å². The zero-order chi connectivity index (χ0) is 9.84. The number of halogens is 1. The largest absolute Gasteiger partial charge is 0.348 e. The maximum atomic E-state index is 3.55. The number of hydrogen-bond acceptors (Lipinski definition) is 0. The van der Waals surface area contributed by atoms with E-state index < -0.39 is 0 Å². The van der Waals surface area contributed by atoms with Crippen molar-refractivity contribution < 1.29 is 0 Å². The summed E-state index contributed by atoms with van der Waals surface area (Å²) in [7, 11) is 0. The molecule has 1 aromatic rings. The van der Waals surface area contributed by atoms with E-state index in [1.165, 1.54) is 11.3 Å². The van der Waals surface area contributed by atoms with Gasteiger partial charge in [0.05, 0.1) is 0 Å². The molecular formula is C11H16BrN. The van der Waals surface area contributed by atoms with Gasteiger partial charge in [-0.15, -0.1) is 0 Å². The number of alkyl halides is 1. The van der Waals surface area contributed by atoms with Crippen LogP contribution in [-0.4, -0.2) is 9.39 Å². The molecule has 0 fully saturated rings. The maximum absolute atomic E-state index is 3.55. The van der Waals surface area contributed by atoms with Gasteiger partial charge in [0, 0.05) is 23.3 Å². The van der Waals surface area contributed by atoms with Crippen LogP contribution in [0.15, 0.2) is 23.9 Å². The van der Waals surface area contributed by atoms with Crippen molar-refractivity contribution in [3.63, 3.8) is 0 Å². The summed E-state index contributed by atoms with van der Waals surface area (Å²) in [5.74, 6) is 0. The zero-order valence-corrected chi connectivity index (χ0v) is 10.0. The smallest absolute Gasteiger partial charge is 0.0406 e. The van der Waals surface area contributed by atoms with Crippen LogP contribution in [0.3, 0.4) is 0 Å². The van der Waals surface area contributed by atoms with Crippen LogP contribution in [0.5, 0.6) is 0 Å². The first kappa shape index (κ1) is 10.6. The third kappa shape index (κ3) is 2.73. The van der Waals surface area contributed by atoms with E-state index in [0.717, 1.165) is 6.54 Å². The first-order chi connectivity index (χ1) is 6.15. The summed E-state index contributed by atoms with van der Waals surface area (Å²) >= 11 is 3.55. The van der Waals surface area contributed by atoms with Crippen molar-refractivity contribution in [3.8, 4) is 0 Å². The third-order valence-corrected chi connectivity index (χ3v) is 2.93. The predicted molar refractivity (Wildman–Crippen MR) is 62.1 cm³/mol. The summed E-state index contributed by atoms with van der Waals surface area (Å²) in [5.41, 5.74) is 2.64. The zero-order valence-electron chi connectivity index (χ0n) is 8.42. The molecule has 1 atom stereocenters. The van der Waals surface area contributed by atoms with Crippen LogP contribution in [-0.2, 0) is 6.54 Å². The van der Waals surface area contributed by atoms with E-state index in [4.69, 9.17) is 0 Å². The van der Waals surface area contributed by atoms with Crippen molar-refractivity contribution >= 4 is 22.0 Å². The van der Waals surface area contributed by atoms with Crippen LogP contribution < -0.4 is 0 Å². The molecule has 0 bridgehead atoms. The number of rotatable bonds is 3. The SMILES string of the molecule is CCn1cccc1/C=C(/C)C(C)Br. The Morgan fingerprint density at radius 3 is 2.92 bits per heavy atom. The van der Waals surface area contributed by atoms with Gasteiger partial charge in [-0.1, -0.05) is 21.5 Å². The highest BCUT2D eigenvalue weighted by molar-refractivity contribution is 9.09. The Kier molecular flexibility index (Phi) is 3.79. The van der Waals surface area contributed by atoms with Gasteiger partial charge in [0.15, 0.2) is 0 Å². The fourth-order valence-corrected chi connectivity index (χ4v) is 1.33. The van der Waals surface area contributed by atoms with Gasteiger partial charge in [-0.25, -0.2) is 0 Å². The van der Waals surface area contributed by atoms with Crippen LogP contribution >= 0.6 is 15.9 Å². The van der Waals surface area contributed by atoms with Crippen molar-refractivity contribution in [2.45, 2.75) is 32.1 Å². The van der Waals surface area contributed by atoms with Crippen LogP contribution in [0.2, 0.25) is 0 Å². The van der Waals surface area contributed by atoms with E-state index >= 15 is 0 Å². The molecule has 0 N–H and O–H groups in total. The molecule has 13 heavy (non-hydrogen) atoms. The number of hydrogen-bond donors (Lipinski definition) is 0. The van der Waals surface area contributed by atoms with Gasteiger partial charge in [0.1, 0.15) is 0 Å². The molecular weight excluding hydrogens is 226 g/mol. The van der Waals surface area contributed by atoms with Crippen LogP contribution in [0.25, 0.3) is 6.08 Å². The van der Waals surface area contributed by atoms with Crippen molar-refractivity contribution in [3.05, 3.63) is 29.6 Å². The molecule has 1 unspecified atom stereocenters. The molecule has 0 saturated heterocycles. The van der Waals surface area contributed by atoms with Gasteiger partial charge in [0.2, 0.25) is 0 Å². The Labute approximate surface area is 88.6 Å². The van der Waals surface area contributed by atoms with E-state index in [-0.39, 0.29) is 0 Å². The lowest BCUT2D eigenvalue weighted by Gasteiger charge is -2.05. The summed E-state index contributed by atoms with van der Waals surface area (Å²) in [5, 5.41) is 0. The Hall–Kier alpha value is -0.500. The minimum atomic E-state index is 0.452. The lowest BCUT2D eigenvalue weighted by atomic mass is 10.2. The molecule has 1 aromatic heterocycles. The first-order valence-corrected chi connectivity index (χ1v) is 5.54. The highest BCUT2D eigenvalue weighted by atomic mass is 79.9. The van der Waals surface area contributed by atoms with Crippen molar-refractivity contribution in [2.24, 2.45) is 0 Å². The van der Waals surface area contributed by atoms with E-state index in [1.54, 1.807) is 0 Å². The monoisotopic (exact) mass is 241 g/mol. The number of aryl methyl sites for hydroxylation is 1. The van der Waals surface area contributed by atoms with Crippen molar-refractivity contribution in [2.75, 3.05) is 0 Å². The molecule has 0 saturated carbocycles. The van der Waals surface area contributed by atoms with Gasteiger partial charge in [-0.3, -0.25) is 0 Å². The summed E-state index contributed by atoms with van der Waals surface area (Å²) < 4.78 is 2.24. The van der Waals surface area contributed by atoms with E-state index in [0.29, 0.717) is 4.83 Å². The predicted octanol–water partition coefficient (Wildman–Crippen LogP) is 3.69. The number of aromatic nitrogens is 1. The normalized spacial score (nSPS) is 14.6. The minimum absolute atomic E-state index is 0.452. The average molecular weight is 242 g/mol. The second kappa shape index (κ2) is 4.66. The number of nitrogens with zero attached hydrogens (tertiary/aromatic N) is 1. The quantitative estimate of drug-likeness (QED) is 0.712. The molecule has 0 amide bonds. The molecule has 0 spiro atoms. The summed E-state index contributed by atoms with van der Waals surface area (Å²) in [4.78, 5) is 0.452. The molecule has 0 radical (unpaired) electrons. The minimum Gasteiger partial charge on any atom is -0.348 e. The second-order valence-electron chi connectivity index (χ2n) is 3.22. The van der Waals surface area contributed by atoms with Gasteiger partial charge in [-0.2, -0.15) is 0 Å². The standard InChI is InChI=1S/C11H16BrN/c1-4-13-7-5-6-11(13)8-9(2)10(3)12/h5-8,10H,4H2,1-3H3/b9-8-. The highest BCUT2D eigenvalue weighted by Crippen LogP contribution is 2.15. The fourth-order valence-electron chi connectivity index (χ4n) is 1.19.